The maximum absolute atomic E-state index is 13.5. The van der Waals surface area contributed by atoms with Crippen LogP contribution in [0.5, 0.6) is 5.75 Å². The average Bonchev–Trinajstić information content (AvgIpc) is 2.90. The van der Waals surface area contributed by atoms with Crippen LogP contribution in [0.4, 0.5) is 4.39 Å². The number of ether oxygens (including phenoxy) is 1. The fraction of sp³-hybridized carbons (Fsp3) is 0.500. The molecule has 212 valence electrons. The van der Waals surface area contributed by atoms with E-state index in [0.29, 0.717) is 50.6 Å². The van der Waals surface area contributed by atoms with Crippen molar-refractivity contribution >= 4 is 17.9 Å². The second-order valence-corrected chi connectivity index (χ2v) is 11.7. The molecule has 6 nitrogen and oxygen atoms in total. The molecule has 0 aliphatic carbocycles. The van der Waals surface area contributed by atoms with Crippen molar-refractivity contribution in [2.24, 2.45) is 11.3 Å². The lowest BCUT2D eigenvalue weighted by Gasteiger charge is -2.36. The fourth-order valence-electron chi connectivity index (χ4n) is 5.19. The van der Waals surface area contributed by atoms with Gasteiger partial charge in [-0.3, -0.25) is 14.5 Å². The Hall–Kier alpha value is -3.19. The molecule has 0 saturated carbocycles. The summed E-state index contributed by atoms with van der Waals surface area (Å²) in [4.78, 5) is 32.2. The SMILES string of the molecule is COc1ccccc1/C=C/CN(CCN1CCN(C(=O)CC(C)CC(C)(C)C)CC1)C(=O)c1ccc(F)cc1. The minimum Gasteiger partial charge on any atom is -0.496 e. The average molecular weight is 538 g/mol. The number of piperazine rings is 1. The van der Waals surface area contributed by atoms with Crippen molar-refractivity contribution in [1.82, 2.24) is 14.7 Å². The first-order valence-corrected chi connectivity index (χ1v) is 13.9. The summed E-state index contributed by atoms with van der Waals surface area (Å²) in [7, 11) is 1.64. The van der Waals surface area contributed by atoms with E-state index >= 15 is 0 Å². The summed E-state index contributed by atoms with van der Waals surface area (Å²) in [5.41, 5.74) is 1.62. The summed E-state index contributed by atoms with van der Waals surface area (Å²) in [6, 6.07) is 13.4. The van der Waals surface area contributed by atoms with Gasteiger partial charge in [-0.05, 0) is 48.1 Å². The number of para-hydroxylation sites is 1. The molecule has 1 aliphatic rings. The quantitative estimate of drug-likeness (QED) is 0.375. The molecule has 2 aromatic rings. The number of nitrogens with zero attached hydrogens (tertiary/aromatic N) is 3. The molecular weight excluding hydrogens is 493 g/mol. The van der Waals surface area contributed by atoms with Crippen LogP contribution in [-0.2, 0) is 4.79 Å². The Morgan fingerprint density at radius 3 is 2.36 bits per heavy atom. The second-order valence-electron chi connectivity index (χ2n) is 11.7. The van der Waals surface area contributed by atoms with Gasteiger partial charge in [0, 0.05) is 63.4 Å². The molecule has 2 amide bonds. The number of hydrogen-bond acceptors (Lipinski definition) is 4. The second kappa shape index (κ2) is 14.3. The molecule has 2 aromatic carbocycles. The molecule has 3 rings (SSSR count). The first-order valence-electron chi connectivity index (χ1n) is 13.9. The maximum Gasteiger partial charge on any atom is 0.254 e. The van der Waals surface area contributed by atoms with Gasteiger partial charge in [-0.25, -0.2) is 4.39 Å². The Balaban J connectivity index is 1.57. The number of carbonyl (C=O) groups is 2. The molecule has 1 atom stereocenters. The number of methoxy groups -OCH3 is 1. The van der Waals surface area contributed by atoms with Crippen molar-refractivity contribution in [2.75, 3.05) is 52.9 Å². The highest BCUT2D eigenvalue weighted by molar-refractivity contribution is 5.94. The van der Waals surface area contributed by atoms with Crippen LogP contribution in [0, 0.1) is 17.2 Å². The van der Waals surface area contributed by atoms with Crippen molar-refractivity contribution in [3.63, 3.8) is 0 Å². The molecule has 39 heavy (non-hydrogen) atoms. The topological polar surface area (TPSA) is 53.1 Å². The zero-order valence-corrected chi connectivity index (χ0v) is 24.2. The number of amides is 2. The highest BCUT2D eigenvalue weighted by Gasteiger charge is 2.25. The summed E-state index contributed by atoms with van der Waals surface area (Å²) in [6.07, 6.45) is 5.53. The van der Waals surface area contributed by atoms with E-state index in [0.717, 1.165) is 30.8 Å². The maximum atomic E-state index is 13.5. The van der Waals surface area contributed by atoms with E-state index in [1.807, 2.05) is 41.3 Å². The summed E-state index contributed by atoms with van der Waals surface area (Å²) in [5, 5.41) is 0. The van der Waals surface area contributed by atoms with Crippen LogP contribution in [0.2, 0.25) is 0 Å². The third-order valence-electron chi connectivity index (χ3n) is 7.04. The summed E-state index contributed by atoms with van der Waals surface area (Å²) in [6.45, 7) is 13.4. The standard InChI is InChI=1S/C32H44FN3O3/c1-25(24-32(2,3)4)23-30(37)35-20-17-34(18-21-35)19-22-36(31(38)27-12-14-28(33)15-13-27)16-8-10-26-9-6-7-11-29(26)39-5/h6-15,25H,16-24H2,1-5H3/b10-8+. The molecule has 0 N–H and O–H groups in total. The van der Waals surface area contributed by atoms with Crippen LogP contribution in [0.1, 0.15) is 56.5 Å². The number of rotatable bonds is 11. The first kappa shape index (κ1) is 30.4. The molecule has 1 fully saturated rings. The number of hydrogen-bond donors (Lipinski definition) is 0. The summed E-state index contributed by atoms with van der Waals surface area (Å²) < 4.78 is 18.9. The minimum atomic E-state index is -0.366. The molecule has 0 spiro atoms. The molecule has 0 bridgehead atoms. The highest BCUT2D eigenvalue weighted by Crippen LogP contribution is 2.26. The van der Waals surface area contributed by atoms with Crippen LogP contribution < -0.4 is 4.74 Å². The van der Waals surface area contributed by atoms with Crippen LogP contribution in [0.3, 0.4) is 0 Å². The third-order valence-corrected chi connectivity index (χ3v) is 7.04. The smallest absolute Gasteiger partial charge is 0.254 e. The largest absolute Gasteiger partial charge is 0.496 e. The van der Waals surface area contributed by atoms with Gasteiger partial charge >= 0.3 is 0 Å². The van der Waals surface area contributed by atoms with Gasteiger partial charge in [-0.2, -0.15) is 0 Å². The lowest BCUT2D eigenvalue weighted by molar-refractivity contribution is -0.134. The lowest BCUT2D eigenvalue weighted by Crippen LogP contribution is -2.50. The van der Waals surface area contributed by atoms with E-state index < -0.39 is 0 Å². The van der Waals surface area contributed by atoms with Crippen molar-refractivity contribution in [3.05, 3.63) is 71.6 Å². The van der Waals surface area contributed by atoms with E-state index in [4.69, 9.17) is 4.74 Å². The van der Waals surface area contributed by atoms with Gasteiger partial charge < -0.3 is 14.5 Å². The molecule has 1 unspecified atom stereocenters. The normalized spacial score (nSPS) is 15.4. The molecule has 1 saturated heterocycles. The molecule has 7 heteroatoms. The van der Waals surface area contributed by atoms with Gasteiger partial charge in [0.25, 0.3) is 5.91 Å². The third kappa shape index (κ3) is 9.81. The monoisotopic (exact) mass is 537 g/mol. The van der Waals surface area contributed by atoms with E-state index in [-0.39, 0.29) is 23.0 Å². The van der Waals surface area contributed by atoms with Crippen LogP contribution in [0.25, 0.3) is 6.08 Å². The number of carbonyl (C=O) groups excluding carboxylic acids is 2. The molecule has 1 heterocycles. The van der Waals surface area contributed by atoms with Gasteiger partial charge in [-0.15, -0.1) is 0 Å². The number of benzene rings is 2. The lowest BCUT2D eigenvalue weighted by atomic mass is 9.84. The zero-order chi connectivity index (χ0) is 28.4. The first-order chi connectivity index (χ1) is 18.6. The highest BCUT2D eigenvalue weighted by atomic mass is 19.1. The van der Waals surface area contributed by atoms with Gasteiger partial charge in [0.05, 0.1) is 7.11 Å². The zero-order valence-electron chi connectivity index (χ0n) is 24.2. The fourth-order valence-corrected chi connectivity index (χ4v) is 5.19. The molecule has 0 aromatic heterocycles. The van der Waals surface area contributed by atoms with E-state index in [2.05, 4.69) is 32.6 Å². The predicted octanol–water partition coefficient (Wildman–Crippen LogP) is 5.60. The Morgan fingerprint density at radius 1 is 1.05 bits per heavy atom. The van der Waals surface area contributed by atoms with Crippen LogP contribution in [-0.4, -0.2) is 79.4 Å². The van der Waals surface area contributed by atoms with Crippen molar-refractivity contribution in [1.29, 1.82) is 0 Å². The van der Waals surface area contributed by atoms with Gasteiger partial charge in [0.15, 0.2) is 0 Å². The van der Waals surface area contributed by atoms with Gasteiger partial charge in [0.2, 0.25) is 5.91 Å². The van der Waals surface area contributed by atoms with Crippen LogP contribution >= 0.6 is 0 Å². The molecule has 0 radical (unpaired) electrons. The Kier molecular flexibility index (Phi) is 11.1. The van der Waals surface area contributed by atoms with Crippen molar-refractivity contribution in [3.8, 4) is 5.75 Å². The Bertz CT molecular complexity index is 1100. The van der Waals surface area contributed by atoms with Crippen molar-refractivity contribution < 1.29 is 18.7 Å². The van der Waals surface area contributed by atoms with E-state index in [9.17, 15) is 14.0 Å². The Labute approximate surface area is 233 Å². The predicted molar refractivity (Wildman–Crippen MR) is 155 cm³/mol. The van der Waals surface area contributed by atoms with E-state index in [1.54, 1.807) is 12.0 Å². The van der Waals surface area contributed by atoms with E-state index in [1.165, 1.54) is 24.3 Å². The Morgan fingerprint density at radius 2 is 1.72 bits per heavy atom. The molecular formula is C32H44FN3O3. The molecule has 1 aliphatic heterocycles. The minimum absolute atomic E-state index is 0.138. The van der Waals surface area contributed by atoms with Crippen LogP contribution in [0.15, 0.2) is 54.6 Å². The van der Waals surface area contributed by atoms with Crippen molar-refractivity contribution in [2.45, 2.75) is 40.5 Å². The summed E-state index contributed by atoms with van der Waals surface area (Å²) >= 11 is 0. The van der Waals surface area contributed by atoms with Gasteiger partial charge in [-0.1, -0.05) is 58.0 Å². The summed E-state index contributed by atoms with van der Waals surface area (Å²) in [5.74, 6) is 0.868. The van der Waals surface area contributed by atoms with Gasteiger partial charge in [0.1, 0.15) is 11.6 Å². The number of halogens is 1.